The molecule has 4 aromatic rings. The fourth-order valence-corrected chi connectivity index (χ4v) is 3.75. The first-order valence-electron chi connectivity index (χ1n) is 6.74. The van der Waals surface area contributed by atoms with Gasteiger partial charge in [-0.1, -0.05) is 23.4 Å². The van der Waals surface area contributed by atoms with Gasteiger partial charge in [-0.25, -0.2) is 5.10 Å². The van der Waals surface area contributed by atoms with Crippen molar-refractivity contribution in [2.24, 2.45) is 0 Å². The van der Waals surface area contributed by atoms with E-state index < -0.39 is 0 Å². The molecular formula is C15H9BrN4O2S. The molecule has 23 heavy (non-hydrogen) atoms. The molecule has 6 nitrogen and oxygen atoms in total. The Morgan fingerprint density at radius 1 is 1.26 bits per heavy atom. The minimum absolute atomic E-state index is 0.243. The Kier molecular flexibility index (Phi) is 3.55. The predicted octanol–water partition coefficient (Wildman–Crippen LogP) is 3.39. The fourth-order valence-electron chi connectivity index (χ4n) is 2.30. The van der Waals surface area contributed by atoms with Crippen molar-refractivity contribution in [2.75, 3.05) is 0 Å². The Bertz CT molecular complexity index is 1050. The van der Waals surface area contributed by atoms with Crippen molar-refractivity contribution in [1.82, 2.24) is 20.3 Å². The zero-order chi connectivity index (χ0) is 15.8. The molecule has 4 rings (SSSR count). The number of aromatic amines is 1. The second-order valence-corrected chi connectivity index (χ2v) is 6.78. The molecule has 0 atom stereocenters. The van der Waals surface area contributed by atoms with Gasteiger partial charge in [-0.3, -0.25) is 4.79 Å². The maximum atomic E-state index is 11.8. The summed E-state index contributed by atoms with van der Waals surface area (Å²) in [5.41, 5.74) is 0.235. The average molecular weight is 389 g/mol. The number of aromatic nitrogens is 4. The van der Waals surface area contributed by atoms with Gasteiger partial charge in [-0.15, -0.1) is 11.3 Å². The topological polar surface area (TPSA) is 84.7 Å². The van der Waals surface area contributed by atoms with Crippen LogP contribution < -0.4 is 5.56 Å². The molecule has 0 saturated carbocycles. The van der Waals surface area contributed by atoms with E-state index in [0.717, 1.165) is 9.35 Å². The van der Waals surface area contributed by atoms with Crippen molar-refractivity contribution in [2.45, 2.75) is 6.42 Å². The average Bonchev–Trinajstić information content (AvgIpc) is 3.18. The molecule has 0 radical (unpaired) electrons. The van der Waals surface area contributed by atoms with E-state index in [1.54, 1.807) is 23.5 Å². The largest absolute Gasteiger partial charge is 0.332 e. The van der Waals surface area contributed by atoms with Gasteiger partial charge in [0.1, 0.15) is 0 Å². The summed E-state index contributed by atoms with van der Waals surface area (Å²) in [6.07, 6.45) is 0.584. The second kappa shape index (κ2) is 5.71. The van der Waals surface area contributed by atoms with Gasteiger partial charge in [0.15, 0.2) is 11.5 Å². The minimum Gasteiger partial charge on any atom is -0.332 e. The monoisotopic (exact) mass is 388 g/mol. The highest BCUT2D eigenvalue weighted by molar-refractivity contribution is 9.10. The van der Waals surface area contributed by atoms with E-state index in [1.807, 2.05) is 23.6 Å². The number of benzene rings is 1. The summed E-state index contributed by atoms with van der Waals surface area (Å²) in [6, 6.07) is 9.21. The molecule has 0 fully saturated rings. The summed E-state index contributed by atoms with van der Waals surface area (Å²) in [5.74, 6) is 0.870. The molecule has 8 heteroatoms. The van der Waals surface area contributed by atoms with Crippen LogP contribution in [0.25, 0.3) is 22.4 Å². The van der Waals surface area contributed by atoms with Crippen molar-refractivity contribution in [3.63, 3.8) is 0 Å². The molecule has 0 aliphatic carbocycles. The summed E-state index contributed by atoms with van der Waals surface area (Å²) in [4.78, 5) is 17.3. The first-order valence-corrected chi connectivity index (χ1v) is 8.41. The van der Waals surface area contributed by atoms with Gasteiger partial charge in [0.2, 0.25) is 0 Å². The number of fused-ring (bicyclic) bond motifs is 1. The van der Waals surface area contributed by atoms with Gasteiger partial charge in [0.25, 0.3) is 11.4 Å². The lowest BCUT2D eigenvalue weighted by Gasteiger charge is -1.99. The molecule has 0 aliphatic rings. The molecule has 0 amide bonds. The highest BCUT2D eigenvalue weighted by Crippen LogP contribution is 2.25. The van der Waals surface area contributed by atoms with Crippen LogP contribution in [-0.4, -0.2) is 20.3 Å². The zero-order valence-corrected chi connectivity index (χ0v) is 14.0. The van der Waals surface area contributed by atoms with Gasteiger partial charge in [0, 0.05) is 26.5 Å². The molecule has 3 heterocycles. The molecular weight excluding hydrogens is 380 g/mol. The molecule has 0 aliphatic heterocycles. The number of hydrogen-bond donors (Lipinski definition) is 1. The summed E-state index contributed by atoms with van der Waals surface area (Å²) in [5, 5.41) is 13.8. The fraction of sp³-hybridized carbons (Fsp3) is 0.0667. The number of rotatable bonds is 3. The van der Waals surface area contributed by atoms with E-state index in [-0.39, 0.29) is 5.56 Å². The highest BCUT2D eigenvalue weighted by atomic mass is 79.9. The molecule has 0 saturated heterocycles. The molecule has 1 N–H and O–H groups in total. The summed E-state index contributed by atoms with van der Waals surface area (Å²) < 4.78 is 6.36. The van der Waals surface area contributed by atoms with Crippen LogP contribution in [0.2, 0.25) is 0 Å². The van der Waals surface area contributed by atoms with Crippen LogP contribution in [0.5, 0.6) is 0 Å². The summed E-state index contributed by atoms with van der Waals surface area (Å²) >= 11 is 5.05. The lowest BCUT2D eigenvalue weighted by atomic mass is 10.1. The van der Waals surface area contributed by atoms with E-state index in [4.69, 9.17) is 4.52 Å². The summed E-state index contributed by atoms with van der Waals surface area (Å²) in [6.45, 7) is 0. The first-order chi connectivity index (χ1) is 11.2. The minimum atomic E-state index is -0.243. The Morgan fingerprint density at radius 3 is 2.87 bits per heavy atom. The van der Waals surface area contributed by atoms with Crippen LogP contribution >= 0.6 is 27.3 Å². The first kappa shape index (κ1) is 14.3. The molecule has 0 bridgehead atoms. The number of H-pyrrole nitrogens is 1. The molecule has 3 aromatic heterocycles. The second-order valence-electron chi connectivity index (χ2n) is 4.87. The number of hydrogen-bond acceptors (Lipinski definition) is 6. The van der Waals surface area contributed by atoms with Crippen molar-refractivity contribution in [3.05, 3.63) is 61.2 Å². The van der Waals surface area contributed by atoms with Crippen molar-refractivity contribution < 1.29 is 4.52 Å². The van der Waals surface area contributed by atoms with Crippen LogP contribution in [0.4, 0.5) is 0 Å². The number of thiophene rings is 1. The molecule has 1 aromatic carbocycles. The Hall–Kier alpha value is -2.32. The standard InChI is InChI=1S/C15H9BrN4O2S/c16-8-5-9(23-7-8)6-12-17-15(22-20-12)13-10-3-1-2-4-11(10)14(21)19-18-13/h1-5,7H,6H2,(H,19,21). The van der Waals surface area contributed by atoms with E-state index in [9.17, 15) is 4.79 Å². The zero-order valence-electron chi connectivity index (χ0n) is 11.6. The molecule has 114 valence electrons. The number of nitrogens with zero attached hydrogens (tertiary/aromatic N) is 3. The van der Waals surface area contributed by atoms with Crippen molar-refractivity contribution >= 4 is 38.0 Å². The third-order valence-electron chi connectivity index (χ3n) is 3.32. The van der Waals surface area contributed by atoms with Gasteiger partial charge in [0.05, 0.1) is 5.39 Å². The normalized spacial score (nSPS) is 11.2. The lowest BCUT2D eigenvalue weighted by molar-refractivity contribution is 0.422. The van der Waals surface area contributed by atoms with Crippen molar-refractivity contribution in [1.29, 1.82) is 0 Å². The third kappa shape index (κ3) is 2.71. The van der Waals surface area contributed by atoms with Gasteiger partial charge < -0.3 is 4.52 Å². The number of nitrogens with one attached hydrogen (secondary N) is 1. The third-order valence-corrected chi connectivity index (χ3v) is 5.02. The highest BCUT2D eigenvalue weighted by Gasteiger charge is 2.15. The van der Waals surface area contributed by atoms with Gasteiger partial charge in [-0.2, -0.15) is 10.1 Å². The van der Waals surface area contributed by atoms with Gasteiger partial charge >= 0.3 is 0 Å². The van der Waals surface area contributed by atoms with E-state index in [1.165, 1.54) is 0 Å². The smallest absolute Gasteiger partial charge is 0.279 e. The van der Waals surface area contributed by atoms with Crippen LogP contribution in [0.1, 0.15) is 10.7 Å². The Morgan fingerprint density at radius 2 is 2.09 bits per heavy atom. The van der Waals surface area contributed by atoms with E-state index in [2.05, 4.69) is 36.3 Å². The number of halogens is 1. The quantitative estimate of drug-likeness (QED) is 0.581. The SMILES string of the molecule is O=c1[nH]nc(-c2nc(Cc3cc(Br)cs3)no2)c2ccccc12. The maximum absolute atomic E-state index is 11.8. The maximum Gasteiger partial charge on any atom is 0.279 e. The summed E-state index contributed by atoms with van der Waals surface area (Å²) in [7, 11) is 0. The van der Waals surface area contributed by atoms with E-state index in [0.29, 0.717) is 34.6 Å². The van der Waals surface area contributed by atoms with Crippen LogP contribution in [-0.2, 0) is 6.42 Å². The Labute approximate surface area is 142 Å². The molecule has 0 spiro atoms. The Balaban J connectivity index is 1.75. The van der Waals surface area contributed by atoms with Crippen molar-refractivity contribution in [3.8, 4) is 11.6 Å². The predicted molar refractivity (Wildman–Crippen MR) is 90.5 cm³/mol. The lowest BCUT2D eigenvalue weighted by Crippen LogP contribution is -2.09. The van der Waals surface area contributed by atoms with Crippen LogP contribution in [0, 0.1) is 0 Å². The van der Waals surface area contributed by atoms with Gasteiger partial charge in [-0.05, 0) is 28.1 Å². The van der Waals surface area contributed by atoms with E-state index >= 15 is 0 Å². The molecule has 0 unspecified atom stereocenters. The van der Waals surface area contributed by atoms with Crippen LogP contribution in [0.3, 0.4) is 0 Å². The van der Waals surface area contributed by atoms with Crippen LogP contribution in [0.15, 0.2) is 49.5 Å².